The quantitative estimate of drug-likeness (QED) is 0.427. The molecule has 8 heteroatoms. The molecule has 1 N–H and O–H groups in total. The number of nitrogens with zero attached hydrogens (tertiary/aromatic N) is 3. The normalized spacial score (nSPS) is 18.2. The molecule has 8 nitrogen and oxygen atoms in total. The monoisotopic (exact) mass is 406 g/mol. The first-order valence-electron chi connectivity index (χ1n) is 9.95. The number of carbonyl (C=O) groups excluding carboxylic acids is 3. The van der Waals surface area contributed by atoms with E-state index in [2.05, 4.69) is 16.3 Å². The molecule has 154 valence electrons. The smallest absolute Gasteiger partial charge is 0.255 e. The van der Waals surface area contributed by atoms with Crippen LogP contribution in [-0.4, -0.2) is 45.1 Å². The molecule has 2 aromatic rings. The minimum Gasteiger partial charge on any atom is -0.493 e. The Labute approximate surface area is 174 Å². The summed E-state index contributed by atoms with van der Waals surface area (Å²) in [6.45, 7) is 1.56. The van der Waals surface area contributed by atoms with Crippen LogP contribution in [0.2, 0.25) is 0 Å². The molecule has 1 unspecified atom stereocenters. The van der Waals surface area contributed by atoms with Crippen LogP contribution in [0.4, 0.5) is 0 Å². The SMILES string of the molecule is C#Cc1cnn(CCCCOc2cccc3c2CN(C2CCC(=O)NC2=O)C3=O)c1. The van der Waals surface area contributed by atoms with Gasteiger partial charge in [-0.2, -0.15) is 5.10 Å². The molecule has 2 aliphatic heterocycles. The van der Waals surface area contributed by atoms with Crippen molar-refractivity contribution in [3.63, 3.8) is 0 Å². The predicted molar refractivity (Wildman–Crippen MR) is 107 cm³/mol. The van der Waals surface area contributed by atoms with E-state index >= 15 is 0 Å². The average molecular weight is 406 g/mol. The molecule has 30 heavy (non-hydrogen) atoms. The number of hydrogen-bond donors (Lipinski definition) is 1. The zero-order chi connectivity index (χ0) is 21.1. The summed E-state index contributed by atoms with van der Waals surface area (Å²) >= 11 is 0. The Kier molecular flexibility index (Phi) is 5.53. The van der Waals surface area contributed by atoms with Gasteiger partial charge >= 0.3 is 0 Å². The van der Waals surface area contributed by atoms with Gasteiger partial charge in [0.25, 0.3) is 5.91 Å². The number of amides is 3. The number of benzene rings is 1. The fraction of sp³-hybridized carbons (Fsp3) is 0.364. The molecule has 4 rings (SSSR count). The second-order valence-electron chi connectivity index (χ2n) is 7.37. The van der Waals surface area contributed by atoms with Crippen LogP contribution in [0.25, 0.3) is 0 Å². The zero-order valence-corrected chi connectivity index (χ0v) is 16.5. The number of nitrogens with one attached hydrogen (secondary N) is 1. The molecule has 2 aliphatic rings. The van der Waals surface area contributed by atoms with Crippen molar-refractivity contribution in [1.29, 1.82) is 0 Å². The predicted octanol–water partition coefficient (Wildman–Crippen LogP) is 1.48. The molecule has 0 saturated carbocycles. The number of imide groups is 1. The molecule has 0 spiro atoms. The lowest BCUT2D eigenvalue weighted by molar-refractivity contribution is -0.136. The van der Waals surface area contributed by atoms with Crippen LogP contribution in [0.3, 0.4) is 0 Å². The van der Waals surface area contributed by atoms with Crippen molar-refractivity contribution < 1.29 is 19.1 Å². The minimum atomic E-state index is -0.627. The maximum absolute atomic E-state index is 12.8. The number of fused-ring (bicyclic) bond motifs is 1. The number of hydrogen-bond acceptors (Lipinski definition) is 5. The standard InChI is InChI=1S/C22H22N4O4/c1-2-15-12-23-25(13-15)10-3-4-11-30-19-7-5-6-16-17(19)14-26(22(16)29)18-8-9-20(27)24-21(18)28/h1,5-7,12-13,18H,3-4,8-11,14H2,(H,24,27,28). The molecular weight excluding hydrogens is 384 g/mol. The first-order chi connectivity index (χ1) is 14.6. The first-order valence-corrected chi connectivity index (χ1v) is 9.95. The lowest BCUT2D eigenvalue weighted by Crippen LogP contribution is -2.52. The van der Waals surface area contributed by atoms with Crippen molar-refractivity contribution in [2.45, 2.75) is 44.8 Å². The number of carbonyl (C=O) groups is 3. The minimum absolute atomic E-state index is 0.201. The number of rotatable bonds is 7. The summed E-state index contributed by atoms with van der Waals surface area (Å²) in [6.07, 6.45) is 11.1. The number of aryl methyl sites for hydroxylation is 1. The van der Waals surface area contributed by atoms with Crippen LogP contribution in [0.15, 0.2) is 30.6 Å². The Balaban J connectivity index is 1.34. The van der Waals surface area contributed by atoms with Gasteiger partial charge in [0.1, 0.15) is 11.8 Å². The van der Waals surface area contributed by atoms with E-state index in [0.717, 1.165) is 30.5 Å². The van der Waals surface area contributed by atoms with Crippen LogP contribution in [-0.2, 0) is 22.7 Å². The van der Waals surface area contributed by atoms with Crippen molar-refractivity contribution in [1.82, 2.24) is 20.0 Å². The van der Waals surface area contributed by atoms with Crippen LogP contribution in [0, 0.1) is 12.3 Å². The molecule has 1 aromatic carbocycles. The van der Waals surface area contributed by atoms with Gasteiger partial charge in [-0.3, -0.25) is 24.4 Å². The Morgan fingerprint density at radius 3 is 2.90 bits per heavy atom. The number of unbranched alkanes of at least 4 members (excludes halogenated alkanes) is 1. The molecular formula is C22H22N4O4. The third-order valence-electron chi connectivity index (χ3n) is 5.38. The zero-order valence-electron chi connectivity index (χ0n) is 16.5. The van der Waals surface area contributed by atoms with E-state index in [1.807, 2.05) is 16.9 Å². The van der Waals surface area contributed by atoms with Crippen LogP contribution in [0.1, 0.15) is 47.2 Å². The van der Waals surface area contributed by atoms with Gasteiger partial charge in [-0.1, -0.05) is 12.0 Å². The number of piperidine rings is 1. The number of terminal acetylenes is 1. The summed E-state index contributed by atoms with van der Waals surface area (Å²) in [5.74, 6) is 2.29. The van der Waals surface area contributed by atoms with Gasteiger partial charge in [0.05, 0.1) is 24.9 Å². The maximum atomic E-state index is 12.8. The van der Waals surface area contributed by atoms with E-state index in [9.17, 15) is 14.4 Å². The first kappa shape index (κ1) is 19.7. The molecule has 1 saturated heterocycles. The molecule has 0 aliphatic carbocycles. The highest BCUT2D eigenvalue weighted by Crippen LogP contribution is 2.33. The molecule has 3 amide bonds. The molecule has 0 bridgehead atoms. The van der Waals surface area contributed by atoms with Crippen molar-refractivity contribution in [3.8, 4) is 18.1 Å². The van der Waals surface area contributed by atoms with Gasteiger partial charge in [0.2, 0.25) is 11.8 Å². The highest BCUT2D eigenvalue weighted by Gasteiger charge is 2.40. The molecule has 1 aromatic heterocycles. The second kappa shape index (κ2) is 8.41. The summed E-state index contributed by atoms with van der Waals surface area (Å²) in [7, 11) is 0. The van der Waals surface area contributed by atoms with Gasteiger partial charge in [0, 0.05) is 30.3 Å². The van der Waals surface area contributed by atoms with E-state index in [-0.39, 0.29) is 18.2 Å². The van der Waals surface area contributed by atoms with Crippen LogP contribution in [0.5, 0.6) is 5.75 Å². The third-order valence-corrected chi connectivity index (χ3v) is 5.38. The Morgan fingerprint density at radius 1 is 1.27 bits per heavy atom. The van der Waals surface area contributed by atoms with Gasteiger partial charge in [-0.05, 0) is 31.4 Å². The molecule has 3 heterocycles. The van der Waals surface area contributed by atoms with Gasteiger partial charge in [-0.15, -0.1) is 6.42 Å². The Bertz CT molecular complexity index is 1040. The highest BCUT2D eigenvalue weighted by atomic mass is 16.5. The van der Waals surface area contributed by atoms with Crippen molar-refractivity contribution in [2.75, 3.05) is 6.61 Å². The van der Waals surface area contributed by atoms with Crippen molar-refractivity contribution in [3.05, 3.63) is 47.3 Å². The largest absolute Gasteiger partial charge is 0.493 e. The second-order valence-corrected chi connectivity index (χ2v) is 7.37. The fourth-order valence-electron chi connectivity index (χ4n) is 3.81. The van der Waals surface area contributed by atoms with Crippen molar-refractivity contribution in [2.24, 2.45) is 0 Å². The van der Waals surface area contributed by atoms with Gasteiger partial charge in [-0.25, -0.2) is 0 Å². The van der Waals surface area contributed by atoms with E-state index in [1.165, 1.54) is 4.90 Å². The molecule has 0 radical (unpaired) electrons. The van der Waals surface area contributed by atoms with E-state index in [1.54, 1.807) is 18.3 Å². The molecule has 1 atom stereocenters. The lowest BCUT2D eigenvalue weighted by atomic mass is 10.0. The maximum Gasteiger partial charge on any atom is 0.255 e. The lowest BCUT2D eigenvalue weighted by Gasteiger charge is -2.29. The Morgan fingerprint density at radius 2 is 2.13 bits per heavy atom. The summed E-state index contributed by atoms with van der Waals surface area (Å²) in [5, 5.41) is 6.51. The average Bonchev–Trinajstić information content (AvgIpc) is 3.33. The number of ether oxygens (including phenoxy) is 1. The van der Waals surface area contributed by atoms with E-state index in [4.69, 9.17) is 11.2 Å². The molecule has 1 fully saturated rings. The summed E-state index contributed by atoms with van der Waals surface area (Å²) in [5.41, 5.74) is 2.10. The summed E-state index contributed by atoms with van der Waals surface area (Å²) in [4.78, 5) is 37.9. The van der Waals surface area contributed by atoms with E-state index in [0.29, 0.717) is 30.9 Å². The third kappa shape index (κ3) is 3.92. The Hall–Kier alpha value is -3.60. The van der Waals surface area contributed by atoms with E-state index < -0.39 is 11.9 Å². The highest BCUT2D eigenvalue weighted by molar-refractivity contribution is 6.05. The van der Waals surface area contributed by atoms with Crippen LogP contribution >= 0.6 is 0 Å². The van der Waals surface area contributed by atoms with Crippen molar-refractivity contribution >= 4 is 17.7 Å². The summed E-state index contributed by atoms with van der Waals surface area (Å²) < 4.78 is 7.76. The topological polar surface area (TPSA) is 93.5 Å². The van der Waals surface area contributed by atoms with Crippen LogP contribution < -0.4 is 10.1 Å². The number of aromatic nitrogens is 2. The van der Waals surface area contributed by atoms with Gasteiger partial charge < -0.3 is 9.64 Å². The fourth-order valence-corrected chi connectivity index (χ4v) is 3.81. The van der Waals surface area contributed by atoms with Gasteiger partial charge in [0.15, 0.2) is 0 Å². The summed E-state index contributed by atoms with van der Waals surface area (Å²) in [6, 6.07) is 4.74.